The van der Waals surface area contributed by atoms with Crippen LogP contribution in [0.2, 0.25) is 0 Å². The molecule has 0 bridgehead atoms. The number of nitrogens with zero attached hydrogens (tertiary/aromatic N) is 1. The van der Waals surface area contributed by atoms with E-state index in [0.717, 1.165) is 35.2 Å². The van der Waals surface area contributed by atoms with Gasteiger partial charge in [0, 0.05) is 11.8 Å². The molecule has 0 aliphatic heterocycles. The predicted molar refractivity (Wildman–Crippen MR) is 65.3 cm³/mol. The molecule has 0 amide bonds. The maximum Gasteiger partial charge on any atom is 0.195 e. The first-order valence-electron chi connectivity index (χ1n) is 5.27. The molecule has 0 saturated heterocycles. The van der Waals surface area contributed by atoms with Crippen molar-refractivity contribution in [2.75, 3.05) is 0 Å². The van der Waals surface area contributed by atoms with Gasteiger partial charge < -0.3 is 4.42 Å². The molecule has 1 heterocycles. The predicted octanol–water partition coefficient (Wildman–Crippen LogP) is 4.07. The summed E-state index contributed by atoms with van der Waals surface area (Å²) in [6.07, 6.45) is 3.25. The van der Waals surface area contributed by atoms with E-state index in [9.17, 15) is 0 Å². The minimum Gasteiger partial charge on any atom is -0.441 e. The first kappa shape index (κ1) is 10.7. The molecule has 2 rings (SSSR count). The van der Waals surface area contributed by atoms with Crippen LogP contribution in [0, 0.1) is 0 Å². The fourth-order valence-electron chi connectivity index (χ4n) is 1.53. The Hall–Kier alpha value is -0.830. The van der Waals surface area contributed by atoms with Crippen molar-refractivity contribution in [2.24, 2.45) is 0 Å². The van der Waals surface area contributed by atoms with Crippen LogP contribution >= 0.6 is 15.9 Å². The Bertz CT molecular complexity index is 450. The Morgan fingerprint density at radius 2 is 2.27 bits per heavy atom. The maximum atomic E-state index is 5.68. The number of benzene rings is 1. The molecule has 0 atom stereocenters. The number of fused-ring (bicyclic) bond motifs is 1. The summed E-state index contributed by atoms with van der Waals surface area (Å²) >= 11 is 3.43. The van der Waals surface area contributed by atoms with E-state index in [-0.39, 0.29) is 0 Å². The summed E-state index contributed by atoms with van der Waals surface area (Å²) in [6.45, 7) is 2.17. The fourth-order valence-corrected chi connectivity index (χ4v) is 1.88. The van der Waals surface area contributed by atoms with Crippen LogP contribution in [0.5, 0.6) is 0 Å². The minimum absolute atomic E-state index is 0.855. The summed E-state index contributed by atoms with van der Waals surface area (Å²) in [5.41, 5.74) is 3.09. The number of rotatable bonds is 4. The molecule has 0 N–H and O–H groups in total. The van der Waals surface area contributed by atoms with Gasteiger partial charge in [-0.2, -0.15) is 0 Å². The van der Waals surface area contributed by atoms with Crippen LogP contribution in [-0.4, -0.2) is 4.98 Å². The minimum atomic E-state index is 0.855. The lowest BCUT2D eigenvalue weighted by Crippen LogP contribution is -1.82. The van der Waals surface area contributed by atoms with Crippen LogP contribution in [0.3, 0.4) is 0 Å². The second kappa shape index (κ2) is 4.79. The molecule has 0 aliphatic carbocycles. The van der Waals surface area contributed by atoms with Gasteiger partial charge >= 0.3 is 0 Å². The molecule has 0 aliphatic rings. The monoisotopic (exact) mass is 267 g/mol. The number of unbranched alkanes of at least 4 members (excludes halogenated alkanes) is 1. The molecule has 0 fully saturated rings. The zero-order valence-electron chi connectivity index (χ0n) is 8.79. The molecule has 80 valence electrons. The molecule has 3 heteroatoms. The molecule has 1 aromatic carbocycles. The zero-order chi connectivity index (χ0) is 10.7. The lowest BCUT2D eigenvalue weighted by Gasteiger charge is -1.92. The maximum absolute atomic E-state index is 5.68. The standard InChI is InChI=1S/C12H14BrNO/c1-2-3-4-12-14-10-6-5-9(8-13)7-11(10)15-12/h5-7H,2-4,8H2,1H3. The molecule has 0 radical (unpaired) electrons. The zero-order valence-corrected chi connectivity index (χ0v) is 10.4. The summed E-state index contributed by atoms with van der Waals surface area (Å²) in [5.74, 6) is 0.860. The fraction of sp³-hybridized carbons (Fsp3) is 0.417. The highest BCUT2D eigenvalue weighted by Gasteiger charge is 2.05. The van der Waals surface area contributed by atoms with Crippen LogP contribution in [0.4, 0.5) is 0 Å². The summed E-state index contributed by atoms with van der Waals surface area (Å²) in [4.78, 5) is 4.44. The van der Waals surface area contributed by atoms with Gasteiger partial charge in [-0.25, -0.2) is 4.98 Å². The normalized spacial score (nSPS) is 11.1. The SMILES string of the molecule is CCCCc1nc2ccc(CBr)cc2o1. The number of alkyl halides is 1. The molecular formula is C12H14BrNO. The average Bonchev–Trinajstić information content (AvgIpc) is 2.67. The molecule has 0 saturated carbocycles. The van der Waals surface area contributed by atoms with E-state index in [4.69, 9.17) is 4.42 Å². The molecule has 0 spiro atoms. The van der Waals surface area contributed by atoms with Crippen molar-refractivity contribution in [2.45, 2.75) is 31.5 Å². The van der Waals surface area contributed by atoms with Gasteiger partial charge in [0.15, 0.2) is 11.5 Å². The van der Waals surface area contributed by atoms with Crippen LogP contribution in [-0.2, 0) is 11.8 Å². The number of hydrogen-bond donors (Lipinski definition) is 0. The summed E-state index contributed by atoms with van der Waals surface area (Å²) in [6, 6.07) is 6.14. The Kier molecular flexibility index (Phi) is 3.41. The first-order chi connectivity index (χ1) is 7.33. The lowest BCUT2D eigenvalue weighted by atomic mass is 10.2. The first-order valence-corrected chi connectivity index (χ1v) is 6.40. The van der Waals surface area contributed by atoms with Gasteiger partial charge in [-0.05, 0) is 24.1 Å². The lowest BCUT2D eigenvalue weighted by molar-refractivity contribution is 0.517. The highest BCUT2D eigenvalue weighted by Crippen LogP contribution is 2.19. The van der Waals surface area contributed by atoms with E-state index < -0.39 is 0 Å². The molecule has 2 aromatic rings. The second-order valence-corrected chi connectivity index (χ2v) is 4.21. The second-order valence-electron chi connectivity index (χ2n) is 3.65. The number of aryl methyl sites for hydroxylation is 1. The van der Waals surface area contributed by atoms with E-state index in [0.29, 0.717) is 0 Å². The van der Waals surface area contributed by atoms with Crippen molar-refractivity contribution < 1.29 is 4.42 Å². The smallest absolute Gasteiger partial charge is 0.195 e. The molecular weight excluding hydrogens is 254 g/mol. The van der Waals surface area contributed by atoms with Gasteiger partial charge in [0.1, 0.15) is 5.52 Å². The number of halogens is 1. The van der Waals surface area contributed by atoms with Crippen LogP contribution in [0.15, 0.2) is 22.6 Å². The highest BCUT2D eigenvalue weighted by atomic mass is 79.9. The Labute approximate surface area is 97.8 Å². The van der Waals surface area contributed by atoms with Crippen LogP contribution in [0.1, 0.15) is 31.2 Å². The Morgan fingerprint density at radius 3 is 3.00 bits per heavy atom. The van der Waals surface area contributed by atoms with Gasteiger partial charge in [-0.15, -0.1) is 0 Å². The van der Waals surface area contributed by atoms with Gasteiger partial charge in [0.05, 0.1) is 0 Å². The van der Waals surface area contributed by atoms with Gasteiger partial charge in [0.2, 0.25) is 0 Å². The summed E-state index contributed by atoms with van der Waals surface area (Å²) < 4.78 is 5.68. The topological polar surface area (TPSA) is 26.0 Å². The third-order valence-electron chi connectivity index (χ3n) is 2.40. The molecule has 2 nitrogen and oxygen atoms in total. The van der Waals surface area contributed by atoms with E-state index >= 15 is 0 Å². The van der Waals surface area contributed by atoms with Crippen molar-refractivity contribution in [3.63, 3.8) is 0 Å². The van der Waals surface area contributed by atoms with E-state index in [1.54, 1.807) is 0 Å². The largest absolute Gasteiger partial charge is 0.441 e. The summed E-state index contributed by atoms with van der Waals surface area (Å²) in [7, 11) is 0. The van der Waals surface area contributed by atoms with Gasteiger partial charge in [0.25, 0.3) is 0 Å². The third kappa shape index (κ3) is 2.40. The van der Waals surface area contributed by atoms with Gasteiger partial charge in [-0.1, -0.05) is 35.3 Å². The number of hydrogen-bond acceptors (Lipinski definition) is 2. The van der Waals surface area contributed by atoms with Crippen molar-refractivity contribution >= 4 is 27.0 Å². The van der Waals surface area contributed by atoms with Crippen molar-refractivity contribution in [3.8, 4) is 0 Å². The highest BCUT2D eigenvalue weighted by molar-refractivity contribution is 9.08. The molecule has 0 unspecified atom stereocenters. The van der Waals surface area contributed by atoms with Crippen molar-refractivity contribution in [1.82, 2.24) is 4.98 Å². The Balaban J connectivity index is 2.29. The quantitative estimate of drug-likeness (QED) is 0.781. The van der Waals surface area contributed by atoms with E-state index in [2.05, 4.69) is 33.9 Å². The summed E-state index contributed by atoms with van der Waals surface area (Å²) in [5, 5.41) is 0.855. The number of aromatic nitrogens is 1. The average molecular weight is 268 g/mol. The van der Waals surface area contributed by atoms with Crippen LogP contribution in [0.25, 0.3) is 11.1 Å². The van der Waals surface area contributed by atoms with Crippen LogP contribution < -0.4 is 0 Å². The Morgan fingerprint density at radius 1 is 1.40 bits per heavy atom. The van der Waals surface area contributed by atoms with E-state index in [1.807, 2.05) is 12.1 Å². The molecule has 15 heavy (non-hydrogen) atoms. The molecule has 1 aromatic heterocycles. The number of oxazole rings is 1. The van der Waals surface area contributed by atoms with E-state index in [1.165, 1.54) is 12.0 Å². The van der Waals surface area contributed by atoms with Gasteiger partial charge in [-0.3, -0.25) is 0 Å². The third-order valence-corrected chi connectivity index (χ3v) is 3.04. The van der Waals surface area contributed by atoms with Crippen molar-refractivity contribution in [1.29, 1.82) is 0 Å². The van der Waals surface area contributed by atoms with Crippen molar-refractivity contribution in [3.05, 3.63) is 29.7 Å².